The van der Waals surface area contributed by atoms with Crippen LogP contribution in [0.4, 0.5) is 0 Å². The highest BCUT2D eigenvalue weighted by Crippen LogP contribution is 2.35. The smallest absolute Gasteiger partial charge is 0.243 e. The van der Waals surface area contributed by atoms with E-state index in [0.29, 0.717) is 17.9 Å². The van der Waals surface area contributed by atoms with Crippen LogP contribution in [0.1, 0.15) is 35.9 Å². The standard InChI is InChI=1S/C15H14N2O4S/c18-14(5-6-15(19)20)17-11(13-4-2-8-22-13)9-10(16-17)12-3-1-7-21-12/h1-4,7-8,11H,5-6,9H2,(H,19,20)/p-1/t11-/m1/s1. The van der Waals surface area contributed by atoms with Crippen LogP contribution in [-0.4, -0.2) is 22.6 Å². The van der Waals surface area contributed by atoms with Crippen LogP contribution in [0.2, 0.25) is 0 Å². The van der Waals surface area contributed by atoms with E-state index in [1.54, 1.807) is 18.4 Å². The first kappa shape index (κ1) is 14.5. The average Bonchev–Trinajstić information content (AvgIpc) is 3.23. The minimum atomic E-state index is -1.24. The zero-order valence-corrected chi connectivity index (χ0v) is 12.4. The normalized spacial score (nSPS) is 17.5. The molecule has 3 heterocycles. The molecule has 0 aromatic carbocycles. The van der Waals surface area contributed by atoms with Gasteiger partial charge >= 0.3 is 0 Å². The molecule has 22 heavy (non-hydrogen) atoms. The summed E-state index contributed by atoms with van der Waals surface area (Å²) in [7, 11) is 0. The van der Waals surface area contributed by atoms with Gasteiger partial charge in [-0.1, -0.05) is 6.07 Å². The van der Waals surface area contributed by atoms with Crippen molar-refractivity contribution in [3.05, 3.63) is 46.5 Å². The Morgan fingerprint density at radius 1 is 1.36 bits per heavy atom. The van der Waals surface area contributed by atoms with Crippen LogP contribution in [0.15, 0.2) is 45.4 Å². The predicted molar refractivity (Wildman–Crippen MR) is 78.0 cm³/mol. The van der Waals surface area contributed by atoms with E-state index in [9.17, 15) is 14.7 Å². The fourth-order valence-electron chi connectivity index (χ4n) is 2.36. The molecule has 114 valence electrons. The third-order valence-electron chi connectivity index (χ3n) is 3.39. The number of hydrazone groups is 1. The second-order valence-corrected chi connectivity index (χ2v) is 5.85. The minimum Gasteiger partial charge on any atom is -0.550 e. The van der Waals surface area contributed by atoms with Gasteiger partial charge < -0.3 is 14.3 Å². The molecule has 0 aliphatic carbocycles. The summed E-state index contributed by atoms with van der Waals surface area (Å²) in [5.41, 5.74) is 0.685. The van der Waals surface area contributed by atoms with Gasteiger partial charge in [-0.05, 0) is 30.0 Å². The van der Waals surface area contributed by atoms with Gasteiger partial charge in [0.2, 0.25) is 5.91 Å². The molecule has 0 unspecified atom stereocenters. The summed E-state index contributed by atoms with van der Waals surface area (Å²) >= 11 is 1.54. The van der Waals surface area contributed by atoms with Crippen molar-refractivity contribution in [2.75, 3.05) is 0 Å². The minimum absolute atomic E-state index is 0.126. The Morgan fingerprint density at radius 2 is 2.23 bits per heavy atom. The molecule has 0 spiro atoms. The summed E-state index contributed by atoms with van der Waals surface area (Å²) in [6, 6.07) is 7.19. The second kappa shape index (κ2) is 6.15. The summed E-state index contributed by atoms with van der Waals surface area (Å²) < 4.78 is 5.34. The van der Waals surface area contributed by atoms with E-state index in [1.807, 2.05) is 17.5 Å². The Labute approximate surface area is 130 Å². The molecule has 0 N–H and O–H groups in total. The highest BCUT2D eigenvalue weighted by Gasteiger charge is 2.34. The molecule has 1 atom stereocenters. The van der Waals surface area contributed by atoms with Crippen LogP contribution < -0.4 is 5.11 Å². The van der Waals surface area contributed by atoms with Crippen LogP contribution >= 0.6 is 11.3 Å². The first-order valence-corrected chi connectivity index (χ1v) is 7.70. The fraction of sp³-hybridized carbons (Fsp3) is 0.267. The molecule has 6 nitrogen and oxygen atoms in total. The van der Waals surface area contributed by atoms with E-state index < -0.39 is 5.97 Å². The molecule has 0 radical (unpaired) electrons. The molecule has 0 fully saturated rings. The van der Waals surface area contributed by atoms with Gasteiger partial charge in [-0.25, -0.2) is 5.01 Å². The Hall–Kier alpha value is -2.41. The van der Waals surface area contributed by atoms with Crippen molar-refractivity contribution in [2.45, 2.75) is 25.3 Å². The van der Waals surface area contributed by atoms with Gasteiger partial charge in [-0.15, -0.1) is 11.3 Å². The summed E-state index contributed by atoms with van der Waals surface area (Å²) in [6.07, 6.45) is 1.67. The number of carbonyl (C=O) groups is 2. The third-order valence-corrected chi connectivity index (χ3v) is 4.36. The molecule has 0 saturated carbocycles. The number of rotatable bonds is 5. The Balaban J connectivity index is 1.84. The number of furan rings is 1. The lowest BCUT2D eigenvalue weighted by Crippen LogP contribution is -2.29. The van der Waals surface area contributed by atoms with Crippen molar-refractivity contribution >= 4 is 28.9 Å². The van der Waals surface area contributed by atoms with E-state index in [0.717, 1.165) is 4.88 Å². The molecule has 7 heteroatoms. The number of thiophene rings is 1. The summed E-state index contributed by atoms with van der Waals surface area (Å²) in [5.74, 6) is -0.948. The maximum atomic E-state index is 12.3. The fourth-order valence-corrected chi connectivity index (χ4v) is 3.17. The molecule has 2 aromatic rings. The predicted octanol–water partition coefficient (Wildman–Crippen LogP) is 1.55. The van der Waals surface area contributed by atoms with Crippen LogP contribution in [0.3, 0.4) is 0 Å². The number of carbonyl (C=O) groups excluding carboxylic acids is 2. The van der Waals surface area contributed by atoms with Crippen molar-refractivity contribution in [1.82, 2.24) is 5.01 Å². The Bertz CT molecular complexity index is 691. The maximum Gasteiger partial charge on any atom is 0.243 e. The lowest BCUT2D eigenvalue weighted by molar-refractivity contribution is -0.305. The van der Waals surface area contributed by atoms with Crippen molar-refractivity contribution in [3.63, 3.8) is 0 Å². The monoisotopic (exact) mass is 317 g/mol. The van der Waals surface area contributed by atoms with Crippen LogP contribution in [0.25, 0.3) is 0 Å². The zero-order chi connectivity index (χ0) is 15.5. The van der Waals surface area contributed by atoms with E-state index in [1.165, 1.54) is 16.3 Å². The van der Waals surface area contributed by atoms with E-state index in [4.69, 9.17) is 4.42 Å². The molecule has 0 saturated heterocycles. The molecule has 1 amide bonds. The topological polar surface area (TPSA) is 85.9 Å². The number of amides is 1. The number of hydrogen-bond donors (Lipinski definition) is 0. The summed E-state index contributed by atoms with van der Waals surface area (Å²) in [6.45, 7) is 0. The van der Waals surface area contributed by atoms with Crippen molar-refractivity contribution in [2.24, 2.45) is 5.10 Å². The largest absolute Gasteiger partial charge is 0.550 e. The van der Waals surface area contributed by atoms with Gasteiger partial charge in [0.05, 0.1) is 12.3 Å². The second-order valence-electron chi connectivity index (χ2n) is 4.87. The van der Waals surface area contributed by atoms with Gasteiger partial charge in [0, 0.05) is 23.7 Å². The number of hydrogen-bond acceptors (Lipinski definition) is 6. The van der Waals surface area contributed by atoms with Crippen molar-refractivity contribution < 1.29 is 19.1 Å². The van der Waals surface area contributed by atoms with Gasteiger partial charge in [0.15, 0.2) is 0 Å². The van der Waals surface area contributed by atoms with Crippen LogP contribution in [0.5, 0.6) is 0 Å². The molecule has 2 aromatic heterocycles. The molecule has 3 rings (SSSR count). The van der Waals surface area contributed by atoms with Gasteiger partial charge in [0.1, 0.15) is 11.5 Å². The quantitative estimate of drug-likeness (QED) is 0.837. The molecular weight excluding hydrogens is 304 g/mol. The zero-order valence-electron chi connectivity index (χ0n) is 11.6. The lowest BCUT2D eigenvalue weighted by atomic mass is 10.1. The van der Waals surface area contributed by atoms with Gasteiger partial charge in [-0.3, -0.25) is 4.79 Å². The SMILES string of the molecule is O=C([O-])CCC(=O)N1N=C(c2ccco2)C[C@@H]1c1cccs1. The Kier molecular flexibility index (Phi) is 4.06. The number of aliphatic carboxylic acids is 1. The average molecular weight is 317 g/mol. The van der Waals surface area contributed by atoms with E-state index in [2.05, 4.69) is 5.10 Å². The molecule has 0 bridgehead atoms. The Morgan fingerprint density at radius 3 is 2.86 bits per heavy atom. The van der Waals surface area contributed by atoms with E-state index in [-0.39, 0.29) is 24.8 Å². The number of carboxylic acids is 1. The van der Waals surface area contributed by atoms with Gasteiger partial charge in [0.25, 0.3) is 0 Å². The molecular formula is C15H13N2O4S-. The number of carboxylic acid groups (broad SMARTS) is 1. The van der Waals surface area contributed by atoms with Crippen LogP contribution in [0, 0.1) is 0 Å². The highest BCUT2D eigenvalue weighted by molar-refractivity contribution is 7.10. The third kappa shape index (κ3) is 2.94. The van der Waals surface area contributed by atoms with Gasteiger partial charge in [-0.2, -0.15) is 5.10 Å². The van der Waals surface area contributed by atoms with E-state index >= 15 is 0 Å². The maximum absolute atomic E-state index is 12.3. The molecule has 1 aliphatic rings. The number of nitrogens with zero attached hydrogens (tertiary/aromatic N) is 2. The van der Waals surface area contributed by atoms with Crippen molar-refractivity contribution in [1.29, 1.82) is 0 Å². The summed E-state index contributed by atoms with van der Waals surface area (Å²) in [5, 5.41) is 18.2. The molecule has 1 aliphatic heterocycles. The first-order valence-electron chi connectivity index (χ1n) is 6.82. The van der Waals surface area contributed by atoms with Crippen LogP contribution in [-0.2, 0) is 9.59 Å². The summed E-state index contributed by atoms with van der Waals surface area (Å²) in [4.78, 5) is 23.8. The highest BCUT2D eigenvalue weighted by atomic mass is 32.1. The lowest BCUT2D eigenvalue weighted by Gasteiger charge is -2.20. The van der Waals surface area contributed by atoms with Crippen molar-refractivity contribution in [3.8, 4) is 0 Å². The first-order chi connectivity index (χ1) is 10.6.